The van der Waals surface area contributed by atoms with Crippen LogP contribution in [0.3, 0.4) is 0 Å². The van der Waals surface area contributed by atoms with E-state index in [1.807, 2.05) is 13.8 Å². The highest BCUT2D eigenvalue weighted by Gasteiger charge is 2.66. The van der Waals surface area contributed by atoms with Gasteiger partial charge in [-0.1, -0.05) is 20.8 Å². The Kier molecular flexibility index (Phi) is 6.56. The fraction of sp³-hybridized carbons (Fsp3) is 0.812. The minimum Gasteiger partial charge on any atom is -0.479 e. The van der Waals surface area contributed by atoms with Gasteiger partial charge in [0, 0.05) is 37.8 Å². The first-order valence-electron chi connectivity index (χ1n) is 8.14. The predicted octanol–water partition coefficient (Wildman–Crippen LogP) is 1.07. The van der Waals surface area contributed by atoms with Crippen molar-refractivity contribution in [1.29, 1.82) is 0 Å². The SMILES string of the molecule is CCCNC(=O)CCC(=O)NC1(C(=O)O)CC(OCC)C1(C)C. The van der Waals surface area contributed by atoms with Gasteiger partial charge in [0.25, 0.3) is 0 Å². The van der Waals surface area contributed by atoms with Crippen LogP contribution in [0.5, 0.6) is 0 Å². The third-order valence-corrected chi connectivity index (χ3v) is 4.63. The molecular weight excluding hydrogens is 300 g/mol. The zero-order chi connectivity index (χ0) is 17.7. The van der Waals surface area contributed by atoms with Gasteiger partial charge in [-0.25, -0.2) is 4.79 Å². The fourth-order valence-corrected chi connectivity index (χ4v) is 2.92. The van der Waals surface area contributed by atoms with Crippen molar-refractivity contribution in [2.24, 2.45) is 5.41 Å². The molecule has 0 saturated heterocycles. The molecule has 0 aliphatic heterocycles. The van der Waals surface area contributed by atoms with Crippen LogP contribution < -0.4 is 10.6 Å². The monoisotopic (exact) mass is 328 g/mol. The van der Waals surface area contributed by atoms with E-state index in [0.29, 0.717) is 13.2 Å². The van der Waals surface area contributed by atoms with E-state index in [4.69, 9.17) is 4.74 Å². The van der Waals surface area contributed by atoms with Gasteiger partial charge in [0.05, 0.1) is 6.10 Å². The van der Waals surface area contributed by atoms with Crippen LogP contribution in [0.15, 0.2) is 0 Å². The van der Waals surface area contributed by atoms with E-state index >= 15 is 0 Å². The van der Waals surface area contributed by atoms with Crippen molar-refractivity contribution in [3.63, 3.8) is 0 Å². The lowest BCUT2D eigenvalue weighted by Crippen LogP contribution is -2.76. The zero-order valence-corrected chi connectivity index (χ0v) is 14.4. The Morgan fingerprint density at radius 3 is 2.26 bits per heavy atom. The Bertz CT molecular complexity index is 463. The van der Waals surface area contributed by atoms with Gasteiger partial charge in [0.2, 0.25) is 11.8 Å². The van der Waals surface area contributed by atoms with Crippen molar-refractivity contribution in [1.82, 2.24) is 10.6 Å². The normalized spacial score (nSPS) is 25.3. The molecular formula is C16H28N2O5. The number of amides is 2. The first-order valence-corrected chi connectivity index (χ1v) is 8.14. The van der Waals surface area contributed by atoms with Gasteiger partial charge in [-0.05, 0) is 13.3 Å². The number of carboxylic acid groups (broad SMARTS) is 1. The maximum atomic E-state index is 12.1. The molecule has 23 heavy (non-hydrogen) atoms. The fourth-order valence-electron chi connectivity index (χ4n) is 2.92. The molecule has 2 atom stereocenters. The van der Waals surface area contributed by atoms with E-state index < -0.39 is 22.8 Å². The number of carboxylic acids is 1. The Morgan fingerprint density at radius 1 is 1.17 bits per heavy atom. The second kappa shape index (κ2) is 7.77. The lowest BCUT2D eigenvalue weighted by atomic mass is 9.54. The second-order valence-electron chi connectivity index (χ2n) is 6.48. The molecule has 0 aromatic carbocycles. The molecule has 0 aromatic rings. The number of aliphatic carboxylic acids is 1. The van der Waals surface area contributed by atoms with Crippen molar-refractivity contribution in [2.75, 3.05) is 13.2 Å². The van der Waals surface area contributed by atoms with Crippen molar-refractivity contribution in [3.05, 3.63) is 0 Å². The third-order valence-electron chi connectivity index (χ3n) is 4.63. The maximum Gasteiger partial charge on any atom is 0.330 e. The summed E-state index contributed by atoms with van der Waals surface area (Å²) >= 11 is 0. The summed E-state index contributed by atoms with van der Waals surface area (Å²) in [5.41, 5.74) is -2.06. The molecule has 1 fully saturated rings. The molecule has 1 aliphatic carbocycles. The number of carbonyl (C=O) groups is 3. The van der Waals surface area contributed by atoms with Crippen molar-refractivity contribution in [3.8, 4) is 0 Å². The molecule has 1 aliphatic rings. The molecule has 0 spiro atoms. The molecule has 2 amide bonds. The summed E-state index contributed by atoms with van der Waals surface area (Å²) in [6, 6.07) is 0. The molecule has 0 aromatic heterocycles. The zero-order valence-electron chi connectivity index (χ0n) is 14.4. The average molecular weight is 328 g/mol. The van der Waals surface area contributed by atoms with Crippen molar-refractivity contribution >= 4 is 17.8 Å². The summed E-state index contributed by atoms with van der Waals surface area (Å²) in [5.74, 6) is -1.70. The number of hydrogen-bond donors (Lipinski definition) is 3. The highest BCUT2D eigenvalue weighted by Crippen LogP contribution is 2.51. The quantitative estimate of drug-likeness (QED) is 0.587. The minimum atomic E-state index is -1.34. The molecule has 0 bridgehead atoms. The van der Waals surface area contributed by atoms with Gasteiger partial charge < -0.3 is 20.5 Å². The molecule has 0 radical (unpaired) electrons. The molecule has 7 heteroatoms. The average Bonchev–Trinajstić information content (AvgIpc) is 2.49. The molecule has 7 nitrogen and oxygen atoms in total. The molecule has 1 saturated carbocycles. The second-order valence-corrected chi connectivity index (χ2v) is 6.48. The summed E-state index contributed by atoms with van der Waals surface area (Å²) in [5, 5.41) is 14.9. The topological polar surface area (TPSA) is 105 Å². The standard InChI is InChI=1S/C16H28N2O5/c1-5-9-17-12(19)7-8-13(20)18-16(14(21)22)10-11(23-6-2)15(16,3)4/h11H,5-10H2,1-4H3,(H,17,19)(H,18,20)(H,21,22). The van der Waals surface area contributed by atoms with Gasteiger partial charge in [0.1, 0.15) is 5.54 Å². The van der Waals surface area contributed by atoms with E-state index in [1.165, 1.54) is 0 Å². The van der Waals surface area contributed by atoms with E-state index in [2.05, 4.69) is 10.6 Å². The summed E-state index contributed by atoms with van der Waals surface area (Å²) < 4.78 is 5.54. The van der Waals surface area contributed by atoms with E-state index in [9.17, 15) is 19.5 Å². The smallest absolute Gasteiger partial charge is 0.330 e. The van der Waals surface area contributed by atoms with Crippen LogP contribution in [0.1, 0.15) is 53.4 Å². The van der Waals surface area contributed by atoms with Crippen LogP contribution in [0.2, 0.25) is 0 Å². The van der Waals surface area contributed by atoms with E-state index in [-0.39, 0.29) is 31.3 Å². The van der Waals surface area contributed by atoms with Crippen LogP contribution in [0.25, 0.3) is 0 Å². The van der Waals surface area contributed by atoms with Gasteiger partial charge in [-0.3, -0.25) is 9.59 Å². The molecule has 2 unspecified atom stereocenters. The van der Waals surface area contributed by atoms with Crippen LogP contribution in [-0.4, -0.2) is 47.7 Å². The largest absolute Gasteiger partial charge is 0.479 e. The van der Waals surface area contributed by atoms with E-state index in [0.717, 1.165) is 6.42 Å². The Morgan fingerprint density at radius 2 is 1.78 bits per heavy atom. The number of ether oxygens (including phenoxy) is 1. The highest BCUT2D eigenvalue weighted by molar-refractivity contribution is 5.91. The van der Waals surface area contributed by atoms with Crippen LogP contribution in [0.4, 0.5) is 0 Å². The number of hydrogen-bond acceptors (Lipinski definition) is 4. The highest BCUT2D eigenvalue weighted by atomic mass is 16.5. The molecule has 0 heterocycles. The van der Waals surface area contributed by atoms with Crippen LogP contribution in [-0.2, 0) is 19.1 Å². The molecule has 3 N–H and O–H groups in total. The van der Waals surface area contributed by atoms with Crippen molar-refractivity contribution in [2.45, 2.75) is 65.0 Å². The predicted molar refractivity (Wildman–Crippen MR) is 84.9 cm³/mol. The van der Waals surface area contributed by atoms with Gasteiger partial charge >= 0.3 is 5.97 Å². The Balaban J connectivity index is 2.63. The Labute approximate surface area is 137 Å². The summed E-state index contributed by atoms with van der Waals surface area (Å²) in [7, 11) is 0. The minimum absolute atomic E-state index is 0.0278. The lowest BCUT2D eigenvalue weighted by molar-refractivity contribution is -0.194. The van der Waals surface area contributed by atoms with Crippen LogP contribution >= 0.6 is 0 Å². The summed E-state index contributed by atoms with van der Waals surface area (Å²) in [4.78, 5) is 35.4. The van der Waals surface area contributed by atoms with Gasteiger partial charge in [-0.2, -0.15) is 0 Å². The number of nitrogens with one attached hydrogen (secondary N) is 2. The van der Waals surface area contributed by atoms with Gasteiger partial charge in [-0.15, -0.1) is 0 Å². The third kappa shape index (κ3) is 4.02. The first-order chi connectivity index (χ1) is 10.7. The summed E-state index contributed by atoms with van der Waals surface area (Å²) in [6.45, 7) is 8.41. The molecule has 1 rings (SSSR count). The summed E-state index contributed by atoms with van der Waals surface area (Å²) in [6.07, 6.45) is 0.873. The molecule has 132 valence electrons. The first kappa shape index (κ1) is 19.4. The maximum absolute atomic E-state index is 12.1. The van der Waals surface area contributed by atoms with Gasteiger partial charge in [0.15, 0.2) is 0 Å². The lowest BCUT2D eigenvalue weighted by Gasteiger charge is -2.58. The van der Waals surface area contributed by atoms with E-state index in [1.54, 1.807) is 13.8 Å². The number of carbonyl (C=O) groups excluding carboxylic acids is 2. The van der Waals surface area contributed by atoms with Crippen molar-refractivity contribution < 1.29 is 24.2 Å². The number of rotatable bonds is 9. The van der Waals surface area contributed by atoms with Crippen LogP contribution in [0, 0.1) is 5.41 Å². The Hall–Kier alpha value is -1.63.